The Kier molecular flexibility index (Phi) is 4.38. The first-order valence-corrected chi connectivity index (χ1v) is 7.30. The Morgan fingerprint density at radius 1 is 1.11 bits per heavy atom. The molecular formula is C16H16BrFO. The molecule has 0 aliphatic carbocycles. The summed E-state index contributed by atoms with van der Waals surface area (Å²) < 4.78 is 13.7. The molecule has 0 saturated heterocycles. The summed E-state index contributed by atoms with van der Waals surface area (Å²) >= 11 is 3.33. The van der Waals surface area contributed by atoms with E-state index in [1.807, 2.05) is 30.3 Å². The van der Waals surface area contributed by atoms with Gasteiger partial charge in [0, 0.05) is 10.9 Å². The molecule has 0 heterocycles. The number of hydrogen-bond acceptors (Lipinski definition) is 1. The highest BCUT2D eigenvalue weighted by atomic mass is 79.9. The van der Waals surface area contributed by atoms with E-state index in [0.29, 0.717) is 12.0 Å². The lowest BCUT2D eigenvalue weighted by molar-refractivity contribution is 0.0547. The number of hydrogen-bond donors (Lipinski definition) is 1. The molecule has 2 rings (SSSR count). The zero-order chi connectivity index (χ0) is 13.9. The summed E-state index contributed by atoms with van der Waals surface area (Å²) in [6.45, 7) is 1.78. The van der Waals surface area contributed by atoms with Crippen LogP contribution in [-0.4, -0.2) is 10.4 Å². The number of alkyl halides is 1. The molecule has 1 atom stereocenters. The van der Waals surface area contributed by atoms with Gasteiger partial charge in [0.15, 0.2) is 0 Å². The van der Waals surface area contributed by atoms with E-state index in [2.05, 4.69) is 15.9 Å². The maximum Gasteiger partial charge on any atom is 0.131 e. The van der Waals surface area contributed by atoms with Crippen molar-refractivity contribution in [3.8, 4) is 11.1 Å². The predicted molar refractivity (Wildman–Crippen MR) is 79.8 cm³/mol. The van der Waals surface area contributed by atoms with E-state index in [4.69, 9.17) is 0 Å². The second kappa shape index (κ2) is 5.85. The van der Waals surface area contributed by atoms with Crippen LogP contribution in [0.3, 0.4) is 0 Å². The van der Waals surface area contributed by atoms with Crippen LogP contribution in [0.25, 0.3) is 11.1 Å². The van der Waals surface area contributed by atoms with E-state index in [1.165, 1.54) is 6.07 Å². The van der Waals surface area contributed by atoms with Crippen molar-refractivity contribution >= 4 is 15.9 Å². The Morgan fingerprint density at radius 3 is 2.32 bits per heavy atom. The lowest BCUT2D eigenvalue weighted by atomic mass is 9.92. The lowest BCUT2D eigenvalue weighted by Gasteiger charge is -2.23. The van der Waals surface area contributed by atoms with Gasteiger partial charge >= 0.3 is 0 Å². The Morgan fingerprint density at radius 2 is 1.74 bits per heavy atom. The van der Waals surface area contributed by atoms with E-state index < -0.39 is 5.60 Å². The van der Waals surface area contributed by atoms with Gasteiger partial charge in [-0.25, -0.2) is 4.39 Å². The van der Waals surface area contributed by atoms with Crippen LogP contribution in [0.2, 0.25) is 0 Å². The third kappa shape index (κ3) is 3.23. The Hall–Kier alpha value is -1.19. The van der Waals surface area contributed by atoms with Gasteiger partial charge in [-0.05, 0) is 30.5 Å². The second-order valence-corrected chi connectivity index (χ2v) is 5.56. The van der Waals surface area contributed by atoms with Gasteiger partial charge in [-0.15, -0.1) is 0 Å². The van der Waals surface area contributed by atoms with Gasteiger partial charge in [0.25, 0.3) is 0 Å². The van der Waals surface area contributed by atoms with E-state index in [9.17, 15) is 9.50 Å². The van der Waals surface area contributed by atoms with Crippen LogP contribution in [0.5, 0.6) is 0 Å². The quantitative estimate of drug-likeness (QED) is 0.822. The molecule has 2 aromatic carbocycles. The Labute approximate surface area is 121 Å². The molecule has 0 saturated carbocycles. The fourth-order valence-electron chi connectivity index (χ4n) is 2.03. The number of halogens is 2. The lowest BCUT2D eigenvalue weighted by Crippen LogP contribution is -2.21. The summed E-state index contributed by atoms with van der Waals surface area (Å²) in [5.41, 5.74) is 1.37. The fourth-order valence-corrected chi connectivity index (χ4v) is 2.80. The van der Waals surface area contributed by atoms with Crippen molar-refractivity contribution in [1.82, 2.24) is 0 Å². The molecule has 1 unspecified atom stereocenters. The first-order valence-electron chi connectivity index (χ1n) is 6.18. The highest BCUT2D eigenvalue weighted by Crippen LogP contribution is 2.28. The van der Waals surface area contributed by atoms with Gasteiger partial charge in [-0.1, -0.05) is 58.4 Å². The minimum Gasteiger partial charge on any atom is -0.385 e. The van der Waals surface area contributed by atoms with Gasteiger partial charge in [-0.2, -0.15) is 0 Å². The monoisotopic (exact) mass is 322 g/mol. The number of benzene rings is 2. The average Bonchev–Trinajstić information content (AvgIpc) is 2.39. The zero-order valence-corrected chi connectivity index (χ0v) is 12.3. The Balaban J connectivity index is 2.31. The number of aliphatic hydroxyl groups is 1. The average molecular weight is 323 g/mol. The normalized spacial score (nSPS) is 14.1. The minimum atomic E-state index is -0.864. The smallest absolute Gasteiger partial charge is 0.131 e. The molecule has 0 amide bonds. The van der Waals surface area contributed by atoms with Crippen molar-refractivity contribution in [3.05, 3.63) is 59.9 Å². The van der Waals surface area contributed by atoms with Crippen LogP contribution in [0.15, 0.2) is 48.5 Å². The maximum atomic E-state index is 13.7. The van der Waals surface area contributed by atoms with E-state index in [-0.39, 0.29) is 5.82 Å². The van der Waals surface area contributed by atoms with E-state index >= 15 is 0 Å². The Bertz CT molecular complexity index is 549. The van der Waals surface area contributed by atoms with Crippen LogP contribution >= 0.6 is 15.9 Å². The van der Waals surface area contributed by atoms with Crippen molar-refractivity contribution in [2.24, 2.45) is 0 Å². The standard InChI is InChI=1S/C16H16BrFO/c1-16(19,10-11-17)13-8-6-12(7-9-13)14-4-2-3-5-15(14)18/h2-9,19H,10-11H2,1H3. The molecule has 3 heteroatoms. The van der Waals surface area contributed by atoms with Crippen molar-refractivity contribution in [1.29, 1.82) is 0 Å². The third-order valence-electron chi connectivity index (χ3n) is 3.27. The summed E-state index contributed by atoms with van der Waals surface area (Å²) in [5.74, 6) is -0.234. The zero-order valence-electron chi connectivity index (χ0n) is 10.7. The van der Waals surface area contributed by atoms with Gasteiger partial charge < -0.3 is 5.11 Å². The van der Waals surface area contributed by atoms with Gasteiger partial charge in [0.05, 0.1) is 5.60 Å². The van der Waals surface area contributed by atoms with Crippen LogP contribution in [-0.2, 0) is 5.60 Å². The van der Waals surface area contributed by atoms with Gasteiger partial charge in [0.1, 0.15) is 5.82 Å². The SMILES string of the molecule is CC(O)(CCBr)c1ccc(-c2ccccc2F)cc1. The second-order valence-electron chi connectivity index (χ2n) is 4.77. The largest absolute Gasteiger partial charge is 0.385 e. The summed E-state index contributed by atoms with van der Waals surface area (Å²) in [7, 11) is 0. The highest BCUT2D eigenvalue weighted by Gasteiger charge is 2.21. The first kappa shape index (κ1) is 14.2. The van der Waals surface area contributed by atoms with Crippen molar-refractivity contribution in [3.63, 3.8) is 0 Å². The molecule has 0 aliphatic rings. The molecule has 0 radical (unpaired) electrons. The van der Waals surface area contributed by atoms with Crippen molar-refractivity contribution in [2.45, 2.75) is 18.9 Å². The van der Waals surface area contributed by atoms with Crippen LogP contribution in [0.4, 0.5) is 4.39 Å². The van der Waals surface area contributed by atoms with Crippen LogP contribution in [0.1, 0.15) is 18.9 Å². The molecular weight excluding hydrogens is 307 g/mol. The maximum absolute atomic E-state index is 13.7. The molecule has 19 heavy (non-hydrogen) atoms. The minimum absolute atomic E-state index is 0.234. The van der Waals surface area contributed by atoms with E-state index in [0.717, 1.165) is 16.5 Å². The predicted octanol–water partition coefficient (Wildman–Crippen LogP) is 4.49. The molecule has 100 valence electrons. The molecule has 0 bridgehead atoms. The van der Waals surface area contributed by atoms with Crippen molar-refractivity contribution in [2.75, 3.05) is 5.33 Å². The summed E-state index contributed by atoms with van der Waals surface area (Å²) in [5, 5.41) is 11.0. The fraction of sp³-hybridized carbons (Fsp3) is 0.250. The molecule has 2 aromatic rings. The molecule has 0 aliphatic heterocycles. The highest BCUT2D eigenvalue weighted by molar-refractivity contribution is 9.09. The van der Waals surface area contributed by atoms with Crippen LogP contribution < -0.4 is 0 Å². The molecule has 0 spiro atoms. The summed E-state index contributed by atoms with van der Waals surface area (Å²) in [4.78, 5) is 0. The molecule has 1 nitrogen and oxygen atoms in total. The third-order valence-corrected chi connectivity index (χ3v) is 3.67. The number of rotatable bonds is 4. The summed E-state index contributed by atoms with van der Waals surface area (Å²) in [6.07, 6.45) is 0.631. The van der Waals surface area contributed by atoms with Gasteiger partial charge in [-0.3, -0.25) is 0 Å². The van der Waals surface area contributed by atoms with E-state index in [1.54, 1.807) is 19.1 Å². The topological polar surface area (TPSA) is 20.2 Å². The van der Waals surface area contributed by atoms with Crippen molar-refractivity contribution < 1.29 is 9.50 Å². The molecule has 1 N–H and O–H groups in total. The first-order chi connectivity index (χ1) is 9.04. The molecule has 0 aromatic heterocycles. The van der Waals surface area contributed by atoms with Gasteiger partial charge in [0.2, 0.25) is 0 Å². The van der Waals surface area contributed by atoms with Crippen LogP contribution in [0, 0.1) is 5.82 Å². The molecule has 0 fully saturated rings. The summed E-state index contributed by atoms with van der Waals surface area (Å²) in [6, 6.07) is 14.1.